The Morgan fingerprint density at radius 2 is 2.29 bits per heavy atom. The van der Waals surface area contributed by atoms with Gasteiger partial charge in [-0.25, -0.2) is 0 Å². The molecule has 0 aromatic rings. The minimum atomic E-state index is -0.333. The first-order valence-corrected chi connectivity index (χ1v) is 6.53. The molecule has 0 spiro atoms. The van der Waals surface area contributed by atoms with E-state index in [0.29, 0.717) is 0 Å². The second kappa shape index (κ2) is 5.03. The minimum absolute atomic E-state index is 0.0150. The molecule has 14 heavy (non-hydrogen) atoms. The van der Waals surface area contributed by atoms with Gasteiger partial charge in [0.15, 0.2) is 0 Å². The fourth-order valence-corrected chi connectivity index (χ4v) is 2.09. The molecule has 0 aromatic heterocycles. The largest absolute Gasteiger partial charge is 0.350 e. The highest BCUT2D eigenvalue weighted by atomic mass is 32.2. The van der Waals surface area contributed by atoms with Gasteiger partial charge in [0, 0.05) is 5.54 Å². The molecule has 0 heterocycles. The lowest BCUT2D eigenvalue weighted by atomic mass is 9.78. The van der Waals surface area contributed by atoms with Crippen molar-refractivity contribution in [2.45, 2.75) is 44.2 Å². The van der Waals surface area contributed by atoms with E-state index in [0.717, 1.165) is 25.0 Å². The number of rotatable bonds is 5. The van der Waals surface area contributed by atoms with Crippen LogP contribution in [0.25, 0.3) is 0 Å². The Balaban J connectivity index is 2.26. The maximum atomic E-state index is 11.6. The Morgan fingerprint density at radius 3 is 2.71 bits per heavy atom. The summed E-state index contributed by atoms with van der Waals surface area (Å²) in [5.41, 5.74) is 5.80. The highest BCUT2D eigenvalue weighted by molar-refractivity contribution is 7.98. The van der Waals surface area contributed by atoms with Gasteiger partial charge in [-0.15, -0.1) is 0 Å². The van der Waals surface area contributed by atoms with Crippen molar-refractivity contribution >= 4 is 17.7 Å². The molecule has 1 rings (SSSR count). The quantitative estimate of drug-likeness (QED) is 0.724. The van der Waals surface area contributed by atoms with Gasteiger partial charge in [-0.3, -0.25) is 4.79 Å². The van der Waals surface area contributed by atoms with Crippen molar-refractivity contribution in [3.05, 3.63) is 0 Å². The van der Waals surface area contributed by atoms with Gasteiger partial charge in [-0.1, -0.05) is 0 Å². The Labute approximate surface area is 90.2 Å². The molecule has 0 saturated heterocycles. The highest BCUT2D eigenvalue weighted by Gasteiger charge is 2.34. The normalized spacial score (nSPS) is 21.1. The molecular weight excluding hydrogens is 196 g/mol. The van der Waals surface area contributed by atoms with Gasteiger partial charge in [0.05, 0.1) is 6.04 Å². The van der Waals surface area contributed by atoms with E-state index in [4.69, 9.17) is 5.73 Å². The Bertz CT molecular complexity index is 204. The average Bonchev–Trinajstić information content (AvgIpc) is 2.11. The first-order chi connectivity index (χ1) is 6.57. The predicted molar refractivity (Wildman–Crippen MR) is 61.4 cm³/mol. The van der Waals surface area contributed by atoms with Crippen molar-refractivity contribution in [1.82, 2.24) is 5.32 Å². The summed E-state index contributed by atoms with van der Waals surface area (Å²) in [6.45, 7) is 2.09. The Kier molecular flexibility index (Phi) is 4.26. The molecule has 82 valence electrons. The summed E-state index contributed by atoms with van der Waals surface area (Å²) in [4.78, 5) is 11.6. The lowest BCUT2D eigenvalue weighted by Crippen LogP contribution is -2.55. The average molecular weight is 216 g/mol. The fraction of sp³-hybridized carbons (Fsp3) is 0.900. The van der Waals surface area contributed by atoms with Gasteiger partial charge in [0.1, 0.15) is 0 Å². The monoisotopic (exact) mass is 216 g/mol. The van der Waals surface area contributed by atoms with Gasteiger partial charge >= 0.3 is 0 Å². The van der Waals surface area contributed by atoms with Gasteiger partial charge in [0.2, 0.25) is 5.91 Å². The zero-order valence-electron chi connectivity index (χ0n) is 9.01. The molecule has 1 aliphatic carbocycles. The summed E-state index contributed by atoms with van der Waals surface area (Å²) in [7, 11) is 0. The molecule has 1 saturated carbocycles. The lowest BCUT2D eigenvalue weighted by molar-refractivity contribution is -0.125. The maximum Gasteiger partial charge on any atom is 0.237 e. The molecule has 3 N–H and O–H groups in total. The molecule has 0 unspecified atom stereocenters. The van der Waals surface area contributed by atoms with E-state index in [2.05, 4.69) is 12.2 Å². The van der Waals surface area contributed by atoms with Crippen LogP contribution in [0.4, 0.5) is 0 Å². The Morgan fingerprint density at radius 1 is 1.64 bits per heavy atom. The third-order valence-electron chi connectivity index (χ3n) is 2.85. The van der Waals surface area contributed by atoms with E-state index in [9.17, 15) is 4.79 Å². The van der Waals surface area contributed by atoms with Gasteiger partial charge < -0.3 is 11.1 Å². The molecule has 0 bridgehead atoms. The molecule has 1 fully saturated rings. The van der Waals surface area contributed by atoms with Crippen molar-refractivity contribution in [2.75, 3.05) is 12.0 Å². The molecule has 0 aromatic carbocycles. The number of hydrogen-bond donors (Lipinski definition) is 2. The summed E-state index contributed by atoms with van der Waals surface area (Å²) in [5.74, 6) is 0.965. The summed E-state index contributed by atoms with van der Waals surface area (Å²) < 4.78 is 0. The zero-order valence-corrected chi connectivity index (χ0v) is 9.82. The van der Waals surface area contributed by atoms with Crippen LogP contribution in [0.5, 0.6) is 0 Å². The molecule has 4 heteroatoms. The summed E-state index contributed by atoms with van der Waals surface area (Å²) in [6, 6.07) is -0.333. The van der Waals surface area contributed by atoms with Crippen molar-refractivity contribution in [3.8, 4) is 0 Å². The highest BCUT2D eigenvalue weighted by Crippen LogP contribution is 2.30. The molecule has 1 amide bonds. The number of thioether (sulfide) groups is 1. The van der Waals surface area contributed by atoms with Crippen LogP contribution in [0.15, 0.2) is 0 Å². The molecule has 1 atom stereocenters. The van der Waals surface area contributed by atoms with Crippen LogP contribution in [0, 0.1) is 0 Å². The summed E-state index contributed by atoms with van der Waals surface area (Å²) >= 11 is 1.73. The van der Waals surface area contributed by atoms with Gasteiger partial charge in [-0.2, -0.15) is 11.8 Å². The van der Waals surface area contributed by atoms with Crippen LogP contribution in [-0.2, 0) is 4.79 Å². The predicted octanol–water partition coefficient (Wildman–Crippen LogP) is 1.13. The van der Waals surface area contributed by atoms with Crippen molar-refractivity contribution in [1.29, 1.82) is 0 Å². The first kappa shape index (κ1) is 11.9. The molecule has 3 nitrogen and oxygen atoms in total. The second-order valence-electron chi connectivity index (χ2n) is 4.29. The van der Waals surface area contributed by atoms with E-state index in [1.54, 1.807) is 11.8 Å². The van der Waals surface area contributed by atoms with Crippen LogP contribution in [0.3, 0.4) is 0 Å². The summed E-state index contributed by atoms with van der Waals surface area (Å²) in [6.07, 6.45) is 6.19. The molecule has 1 aliphatic rings. The van der Waals surface area contributed by atoms with Crippen LogP contribution in [0.2, 0.25) is 0 Å². The summed E-state index contributed by atoms with van der Waals surface area (Å²) in [5, 5.41) is 3.03. The molecule has 0 aliphatic heterocycles. The van der Waals surface area contributed by atoms with E-state index in [1.807, 2.05) is 6.26 Å². The smallest absolute Gasteiger partial charge is 0.237 e. The van der Waals surface area contributed by atoms with Crippen LogP contribution < -0.4 is 11.1 Å². The SMILES string of the molecule is CSCC[C@@H](N)C(=O)NC1(C)CCC1. The Hall–Kier alpha value is -0.220. The lowest BCUT2D eigenvalue weighted by Gasteiger charge is -2.39. The topological polar surface area (TPSA) is 55.1 Å². The minimum Gasteiger partial charge on any atom is -0.350 e. The second-order valence-corrected chi connectivity index (χ2v) is 5.28. The standard InChI is InChI=1S/C10H20N2OS/c1-10(5-3-6-10)12-9(13)8(11)4-7-14-2/h8H,3-7,11H2,1-2H3,(H,12,13)/t8-/m1/s1. The fourth-order valence-electron chi connectivity index (χ4n) is 1.60. The van der Waals surface area contributed by atoms with Crippen molar-refractivity contribution in [2.24, 2.45) is 5.73 Å². The molecule has 0 radical (unpaired) electrons. The number of nitrogens with two attached hydrogens (primary N) is 1. The molecular formula is C10H20N2OS. The number of carbonyl (C=O) groups excluding carboxylic acids is 1. The number of amides is 1. The third kappa shape index (κ3) is 3.17. The van der Waals surface area contributed by atoms with Crippen LogP contribution in [-0.4, -0.2) is 29.5 Å². The van der Waals surface area contributed by atoms with E-state index < -0.39 is 0 Å². The maximum absolute atomic E-state index is 11.6. The van der Waals surface area contributed by atoms with E-state index in [-0.39, 0.29) is 17.5 Å². The number of hydrogen-bond acceptors (Lipinski definition) is 3. The number of nitrogens with one attached hydrogen (secondary N) is 1. The van der Waals surface area contributed by atoms with E-state index >= 15 is 0 Å². The third-order valence-corrected chi connectivity index (χ3v) is 3.50. The number of carbonyl (C=O) groups is 1. The van der Waals surface area contributed by atoms with Gasteiger partial charge in [-0.05, 0) is 44.6 Å². The van der Waals surface area contributed by atoms with Crippen molar-refractivity contribution < 1.29 is 4.79 Å². The first-order valence-electron chi connectivity index (χ1n) is 5.14. The van der Waals surface area contributed by atoms with Crippen molar-refractivity contribution in [3.63, 3.8) is 0 Å². The van der Waals surface area contributed by atoms with Crippen LogP contribution >= 0.6 is 11.8 Å². The van der Waals surface area contributed by atoms with Gasteiger partial charge in [0.25, 0.3) is 0 Å². The zero-order chi connectivity index (χ0) is 10.6. The van der Waals surface area contributed by atoms with E-state index in [1.165, 1.54) is 6.42 Å². The van der Waals surface area contributed by atoms with Crippen LogP contribution in [0.1, 0.15) is 32.6 Å².